The van der Waals surface area contributed by atoms with Crippen molar-refractivity contribution in [3.05, 3.63) is 60.3 Å². The number of rotatable bonds is 7. The first-order valence-electron chi connectivity index (χ1n) is 10.7. The number of carbonyl (C=O) groups excluding carboxylic acids is 1. The van der Waals surface area contributed by atoms with Crippen molar-refractivity contribution in [2.24, 2.45) is 0 Å². The molecule has 1 aliphatic heterocycles. The van der Waals surface area contributed by atoms with Gasteiger partial charge in [0, 0.05) is 18.2 Å². The second-order valence-corrected chi connectivity index (χ2v) is 8.56. The quantitative estimate of drug-likeness (QED) is 0.387. The molecule has 1 unspecified atom stereocenters. The molecule has 1 aliphatic rings. The Morgan fingerprint density at radius 3 is 2.88 bits per heavy atom. The van der Waals surface area contributed by atoms with Crippen molar-refractivity contribution >= 4 is 32.6 Å². The lowest BCUT2D eigenvalue weighted by Gasteiger charge is -2.21. The SMILES string of the molecule is CCOc1ccc2nc(N(CC3CCCO3)C(=O)c3cc(-c4ccccc4)on3)sc2c1. The molecule has 0 N–H and O–H groups in total. The van der Waals surface area contributed by atoms with Crippen LogP contribution < -0.4 is 9.64 Å². The Kier molecular flexibility index (Phi) is 5.87. The molecule has 2 aromatic carbocycles. The second-order valence-electron chi connectivity index (χ2n) is 7.55. The molecule has 2 aromatic heterocycles. The van der Waals surface area contributed by atoms with Crippen LogP contribution in [0.3, 0.4) is 0 Å². The van der Waals surface area contributed by atoms with E-state index in [0.717, 1.165) is 34.4 Å². The molecule has 8 heteroatoms. The predicted octanol–water partition coefficient (Wildman–Crippen LogP) is 5.18. The molecule has 1 saturated heterocycles. The Balaban J connectivity index is 1.47. The third-order valence-corrected chi connectivity index (χ3v) is 6.37. The van der Waals surface area contributed by atoms with Gasteiger partial charge >= 0.3 is 0 Å². The molecule has 0 spiro atoms. The van der Waals surface area contributed by atoms with Crippen LogP contribution in [-0.2, 0) is 4.74 Å². The minimum absolute atomic E-state index is 0.0227. The van der Waals surface area contributed by atoms with Gasteiger partial charge in [-0.05, 0) is 38.0 Å². The number of carbonyl (C=O) groups is 1. The van der Waals surface area contributed by atoms with Crippen molar-refractivity contribution in [3.8, 4) is 17.1 Å². The van der Waals surface area contributed by atoms with Crippen LogP contribution in [0.5, 0.6) is 5.75 Å². The number of hydrogen-bond donors (Lipinski definition) is 0. The van der Waals surface area contributed by atoms with E-state index in [2.05, 4.69) is 5.16 Å². The van der Waals surface area contributed by atoms with Gasteiger partial charge in [-0.1, -0.05) is 46.8 Å². The highest BCUT2D eigenvalue weighted by Gasteiger charge is 2.29. The lowest BCUT2D eigenvalue weighted by Crippen LogP contribution is -2.37. The van der Waals surface area contributed by atoms with Gasteiger partial charge < -0.3 is 14.0 Å². The van der Waals surface area contributed by atoms with Gasteiger partial charge in [-0.15, -0.1) is 0 Å². The average Bonchev–Trinajstić information content (AvgIpc) is 3.58. The van der Waals surface area contributed by atoms with Gasteiger partial charge in [0.25, 0.3) is 5.91 Å². The highest BCUT2D eigenvalue weighted by atomic mass is 32.1. The van der Waals surface area contributed by atoms with Crippen molar-refractivity contribution in [2.75, 3.05) is 24.7 Å². The molecule has 3 heterocycles. The molecule has 1 fully saturated rings. The number of fused-ring (bicyclic) bond motifs is 1. The molecule has 5 rings (SSSR count). The molecule has 164 valence electrons. The second kappa shape index (κ2) is 9.10. The van der Waals surface area contributed by atoms with Crippen LogP contribution in [0.1, 0.15) is 30.3 Å². The summed E-state index contributed by atoms with van der Waals surface area (Å²) in [5, 5.41) is 4.67. The van der Waals surface area contributed by atoms with E-state index in [1.165, 1.54) is 11.3 Å². The molecular formula is C24H23N3O4S. The number of nitrogens with zero attached hydrogens (tertiary/aromatic N) is 3. The van der Waals surface area contributed by atoms with Gasteiger partial charge in [0.2, 0.25) is 0 Å². The van der Waals surface area contributed by atoms with Crippen LogP contribution in [-0.4, -0.2) is 41.9 Å². The topological polar surface area (TPSA) is 77.7 Å². The largest absolute Gasteiger partial charge is 0.494 e. The van der Waals surface area contributed by atoms with E-state index in [4.69, 9.17) is 19.0 Å². The molecule has 4 aromatic rings. The summed E-state index contributed by atoms with van der Waals surface area (Å²) in [5.41, 5.74) is 1.94. The van der Waals surface area contributed by atoms with E-state index in [1.807, 2.05) is 55.5 Å². The Hall–Kier alpha value is -3.23. The fourth-order valence-corrected chi connectivity index (χ4v) is 4.76. The summed E-state index contributed by atoms with van der Waals surface area (Å²) in [6.45, 7) is 3.68. The maximum atomic E-state index is 13.5. The molecule has 0 bridgehead atoms. The number of anilines is 1. The molecule has 7 nitrogen and oxygen atoms in total. The number of benzene rings is 2. The van der Waals surface area contributed by atoms with Gasteiger partial charge in [-0.3, -0.25) is 9.69 Å². The normalized spacial score (nSPS) is 15.8. The zero-order valence-electron chi connectivity index (χ0n) is 17.7. The van der Waals surface area contributed by atoms with Crippen molar-refractivity contribution < 1.29 is 18.8 Å². The maximum Gasteiger partial charge on any atom is 0.282 e. The number of hydrogen-bond acceptors (Lipinski definition) is 7. The zero-order valence-corrected chi connectivity index (χ0v) is 18.5. The number of thiazole rings is 1. The van der Waals surface area contributed by atoms with E-state index in [-0.39, 0.29) is 17.7 Å². The lowest BCUT2D eigenvalue weighted by atomic mass is 10.1. The first-order chi connectivity index (χ1) is 15.7. The monoisotopic (exact) mass is 449 g/mol. The maximum absolute atomic E-state index is 13.5. The van der Waals surface area contributed by atoms with Crippen molar-refractivity contribution in [1.82, 2.24) is 10.1 Å². The Morgan fingerprint density at radius 1 is 1.22 bits per heavy atom. The molecule has 1 atom stereocenters. The van der Waals surface area contributed by atoms with E-state index < -0.39 is 0 Å². The summed E-state index contributed by atoms with van der Waals surface area (Å²) < 4.78 is 17.8. The Labute approximate surface area is 189 Å². The van der Waals surface area contributed by atoms with E-state index in [9.17, 15) is 4.79 Å². The first kappa shape index (κ1) is 20.7. The summed E-state index contributed by atoms with van der Waals surface area (Å²) in [6, 6.07) is 17.1. The molecule has 32 heavy (non-hydrogen) atoms. The van der Waals surface area contributed by atoms with E-state index in [0.29, 0.717) is 30.7 Å². The van der Waals surface area contributed by atoms with Gasteiger partial charge in [-0.25, -0.2) is 4.98 Å². The van der Waals surface area contributed by atoms with Gasteiger partial charge in [0.15, 0.2) is 16.6 Å². The van der Waals surface area contributed by atoms with Crippen LogP contribution in [0.15, 0.2) is 59.1 Å². The molecule has 0 radical (unpaired) electrons. The highest BCUT2D eigenvalue weighted by Crippen LogP contribution is 2.33. The Bertz CT molecular complexity index is 1210. The standard InChI is InChI=1S/C24H23N3O4S/c1-2-29-17-10-11-19-22(13-17)32-24(25-19)27(15-18-9-6-12-30-18)23(28)20-14-21(31-26-20)16-7-4-3-5-8-16/h3-5,7-8,10-11,13-14,18H,2,6,9,12,15H2,1H3. The molecule has 1 amide bonds. The number of aromatic nitrogens is 2. The molecular weight excluding hydrogens is 426 g/mol. The van der Waals surface area contributed by atoms with Gasteiger partial charge in [-0.2, -0.15) is 0 Å². The fraction of sp³-hybridized carbons (Fsp3) is 0.292. The van der Waals surface area contributed by atoms with E-state index in [1.54, 1.807) is 11.0 Å². The predicted molar refractivity (Wildman–Crippen MR) is 123 cm³/mol. The van der Waals surface area contributed by atoms with Crippen LogP contribution in [0.4, 0.5) is 5.13 Å². The molecule has 0 saturated carbocycles. The smallest absolute Gasteiger partial charge is 0.282 e. The van der Waals surface area contributed by atoms with Crippen LogP contribution in [0.25, 0.3) is 21.5 Å². The highest BCUT2D eigenvalue weighted by molar-refractivity contribution is 7.22. The summed E-state index contributed by atoms with van der Waals surface area (Å²) in [7, 11) is 0. The third kappa shape index (κ3) is 4.24. The summed E-state index contributed by atoms with van der Waals surface area (Å²) in [6.07, 6.45) is 1.88. The number of ether oxygens (including phenoxy) is 2. The fourth-order valence-electron chi connectivity index (χ4n) is 3.76. The summed E-state index contributed by atoms with van der Waals surface area (Å²) in [5.74, 6) is 1.09. The summed E-state index contributed by atoms with van der Waals surface area (Å²) >= 11 is 1.45. The average molecular weight is 450 g/mol. The minimum atomic E-state index is -0.254. The van der Waals surface area contributed by atoms with Crippen LogP contribution in [0, 0.1) is 0 Å². The van der Waals surface area contributed by atoms with Crippen molar-refractivity contribution in [3.63, 3.8) is 0 Å². The van der Waals surface area contributed by atoms with Crippen LogP contribution in [0.2, 0.25) is 0 Å². The van der Waals surface area contributed by atoms with Gasteiger partial charge in [0.1, 0.15) is 5.75 Å². The Morgan fingerprint density at radius 2 is 2.09 bits per heavy atom. The molecule has 0 aliphatic carbocycles. The zero-order chi connectivity index (χ0) is 21.9. The minimum Gasteiger partial charge on any atom is -0.494 e. The number of amides is 1. The van der Waals surface area contributed by atoms with Gasteiger partial charge in [0.05, 0.1) is 29.5 Å². The summed E-state index contributed by atoms with van der Waals surface area (Å²) in [4.78, 5) is 19.9. The van der Waals surface area contributed by atoms with Crippen molar-refractivity contribution in [1.29, 1.82) is 0 Å². The van der Waals surface area contributed by atoms with Crippen molar-refractivity contribution in [2.45, 2.75) is 25.9 Å². The third-order valence-electron chi connectivity index (χ3n) is 5.33. The first-order valence-corrected chi connectivity index (χ1v) is 11.5. The van der Waals surface area contributed by atoms with Crippen LogP contribution >= 0.6 is 11.3 Å². The lowest BCUT2D eigenvalue weighted by molar-refractivity contribution is 0.0910. The van der Waals surface area contributed by atoms with E-state index >= 15 is 0 Å².